The number of amides is 1. The molecule has 1 N–H and O–H groups in total. The van der Waals surface area contributed by atoms with E-state index in [2.05, 4.69) is 32.4 Å². The number of nitrogens with zero attached hydrogens (tertiary/aromatic N) is 4. The van der Waals surface area contributed by atoms with Crippen LogP contribution in [0.15, 0.2) is 36.5 Å². The highest BCUT2D eigenvalue weighted by molar-refractivity contribution is 5.92. The van der Waals surface area contributed by atoms with Gasteiger partial charge in [-0.15, -0.1) is 0 Å². The number of morpholine rings is 1. The van der Waals surface area contributed by atoms with Gasteiger partial charge in [-0.3, -0.25) is 4.79 Å². The van der Waals surface area contributed by atoms with E-state index in [1.54, 1.807) is 0 Å². The smallest absolute Gasteiger partial charge is 0.276 e. The second-order valence-corrected chi connectivity index (χ2v) is 6.63. The lowest BCUT2D eigenvalue weighted by Gasteiger charge is -2.42. The standard InChI is InChI=1S/C18H23N5O2/c24-18(15-12-19-21-20-15)23-10-11-25-16(13-22-8-4-5-9-22)17(23)14-6-2-1-3-7-14/h1-3,6-7,12,16-17H,4-5,8-11,13H2,(H,19,20,21)/t16-,17-/m0/s1. The second kappa shape index (κ2) is 7.33. The third-order valence-corrected chi connectivity index (χ3v) is 5.02. The average Bonchev–Trinajstić information content (AvgIpc) is 3.36. The number of aromatic nitrogens is 3. The first-order chi connectivity index (χ1) is 12.3. The van der Waals surface area contributed by atoms with E-state index < -0.39 is 0 Å². The summed E-state index contributed by atoms with van der Waals surface area (Å²) in [7, 11) is 0. The summed E-state index contributed by atoms with van der Waals surface area (Å²) in [6.45, 7) is 4.17. The number of aromatic amines is 1. The molecule has 2 saturated heterocycles. The van der Waals surface area contributed by atoms with Crippen LogP contribution in [0, 0.1) is 0 Å². The minimum Gasteiger partial charge on any atom is -0.373 e. The van der Waals surface area contributed by atoms with E-state index in [0.717, 1.165) is 25.2 Å². The van der Waals surface area contributed by atoms with Crippen molar-refractivity contribution in [3.8, 4) is 0 Å². The van der Waals surface area contributed by atoms with Gasteiger partial charge in [0.1, 0.15) is 0 Å². The van der Waals surface area contributed by atoms with Crippen molar-refractivity contribution in [2.75, 3.05) is 32.8 Å². The fourth-order valence-electron chi connectivity index (χ4n) is 3.83. The number of ether oxygens (including phenoxy) is 1. The first-order valence-electron chi connectivity index (χ1n) is 8.88. The molecular formula is C18H23N5O2. The molecule has 7 heteroatoms. The molecule has 3 heterocycles. The zero-order chi connectivity index (χ0) is 17.1. The molecule has 1 aromatic heterocycles. The Kier molecular flexibility index (Phi) is 4.76. The predicted molar refractivity (Wildman–Crippen MR) is 92.0 cm³/mol. The Morgan fingerprint density at radius 2 is 2.00 bits per heavy atom. The minimum absolute atomic E-state index is 0.0369. The summed E-state index contributed by atoms with van der Waals surface area (Å²) in [6, 6.07) is 10.0. The van der Waals surface area contributed by atoms with Gasteiger partial charge in [0.2, 0.25) is 0 Å². The van der Waals surface area contributed by atoms with Crippen molar-refractivity contribution < 1.29 is 9.53 Å². The molecule has 2 fully saturated rings. The van der Waals surface area contributed by atoms with E-state index in [1.807, 2.05) is 23.1 Å². The number of hydrogen-bond acceptors (Lipinski definition) is 5. The van der Waals surface area contributed by atoms with Crippen molar-refractivity contribution in [2.45, 2.75) is 25.0 Å². The number of nitrogens with one attached hydrogen (secondary N) is 1. The maximum Gasteiger partial charge on any atom is 0.276 e. The van der Waals surface area contributed by atoms with Gasteiger partial charge in [0.15, 0.2) is 5.69 Å². The largest absolute Gasteiger partial charge is 0.373 e. The fourth-order valence-corrected chi connectivity index (χ4v) is 3.83. The molecule has 4 rings (SSSR count). The molecule has 2 aliphatic rings. The Balaban J connectivity index is 1.63. The van der Waals surface area contributed by atoms with Gasteiger partial charge < -0.3 is 14.5 Å². The van der Waals surface area contributed by atoms with Crippen molar-refractivity contribution in [3.63, 3.8) is 0 Å². The van der Waals surface area contributed by atoms with Gasteiger partial charge in [0.25, 0.3) is 5.91 Å². The first-order valence-corrected chi connectivity index (χ1v) is 8.88. The van der Waals surface area contributed by atoms with E-state index in [-0.39, 0.29) is 18.1 Å². The molecule has 25 heavy (non-hydrogen) atoms. The Bertz CT molecular complexity index is 685. The SMILES string of the molecule is O=C(c1cn[nH]n1)N1CCO[C@@H](CN2CCCC2)[C@@H]1c1ccccc1. The summed E-state index contributed by atoms with van der Waals surface area (Å²) in [4.78, 5) is 17.3. The second-order valence-electron chi connectivity index (χ2n) is 6.63. The molecule has 2 aliphatic heterocycles. The van der Waals surface area contributed by atoms with Crippen LogP contribution in [-0.2, 0) is 4.74 Å². The zero-order valence-electron chi connectivity index (χ0n) is 14.2. The summed E-state index contributed by atoms with van der Waals surface area (Å²) in [6.07, 6.45) is 3.93. The van der Waals surface area contributed by atoms with Crippen LogP contribution in [0.5, 0.6) is 0 Å². The molecule has 2 atom stereocenters. The molecule has 1 aromatic carbocycles. The Hall–Kier alpha value is -2.25. The minimum atomic E-state index is -0.111. The Morgan fingerprint density at radius 3 is 2.72 bits per heavy atom. The van der Waals surface area contributed by atoms with Gasteiger partial charge in [0, 0.05) is 13.1 Å². The number of carbonyl (C=O) groups excluding carboxylic acids is 1. The molecule has 0 aliphatic carbocycles. The molecule has 7 nitrogen and oxygen atoms in total. The van der Waals surface area contributed by atoms with E-state index in [9.17, 15) is 4.79 Å². The number of likely N-dealkylation sites (tertiary alicyclic amines) is 1. The van der Waals surface area contributed by atoms with E-state index in [0.29, 0.717) is 18.8 Å². The van der Waals surface area contributed by atoms with Gasteiger partial charge in [0.05, 0.1) is 24.9 Å². The van der Waals surface area contributed by atoms with Gasteiger partial charge in [-0.25, -0.2) is 0 Å². The summed E-state index contributed by atoms with van der Waals surface area (Å²) in [5.74, 6) is -0.0997. The maximum absolute atomic E-state index is 13.0. The molecule has 0 saturated carbocycles. The topological polar surface area (TPSA) is 74.3 Å². The number of hydrogen-bond donors (Lipinski definition) is 1. The third-order valence-electron chi connectivity index (χ3n) is 5.02. The molecule has 0 bridgehead atoms. The molecular weight excluding hydrogens is 318 g/mol. The van der Waals surface area contributed by atoms with Crippen LogP contribution in [0.2, 0.25) is 0 Å². The number of H-pyrrole nitrogens is 1. The summed E-state index contributed by atoms with van der Waals surface area (Å²) in [5, 5.41) is 10.3. The molecule has 0 radical (unpaired) electrons. The van der Waals surface area contributed by atoms with Gasteiger partial charge >= 0.3 is 0 Å². The van der Waals surface area contributed by atoms with E-state index in [1.165, 1.54) is 19.0 Å². The van der Waals surface area contributed by atoms with Crippen molar-refractivity contribution in [2.24, 2.45) is 0 Å². The molecule has 0 unspecified atom stereocenters. The molecule has 132 valence electrons. The van der Waals surface area contributed by atoms with Crippen LogP contribution in [0.1, 0.15) is 34.9 Å². The van der Waals surface area contributed by atoms with Crippen molar-refractivity contribution in [1.29, 1.82) is 0 Å². The quantitative estimate of drug-likeness (QED) is 0.912. The normalized spacial score (nSPS) is 24.6. The van der Waals surface area contributed by atoms with Crippen LogP contribution >= 0.6 is 0 Å². The third kappa shape index (κ3) is 3.43. The van der Waals surface area contributed by atoms with Gasteiger partial charge in [-0.1, -0.05) is 30.3 Å². The summed E-state index contributed by atoms with van der Waals surface area (Å²) < 4.78 is 6.13. The predicted octanol–water partition coefficient (Wildman–Crippen LogP) is 1.48. The van der Waals surface area contributed by atoms with Crippen LogP contribution in [0.25, 0.3) is 0 Å². The number of carbonyl (C=O) groups is 1. The lowest BCUT2D eigenvalue weighted by molar-refractivity contribution is -0.0708. The summed E-state index contributed by atoms with van der Waals surface area (Å²) in [5.41, 5.74) is 1.45. The Morgan fingerprint density at radius 1 is 1.20 bits per heavy atom. The monoisotopic (exact) mass is 341 g/mol. The number of rotatable bonds is 4. The highest BCUT2D eigenvalue weighted by Gasteiger charge is 2.38. The first kappa shape index (κ1) is 16.2. The number of benzene rings is 1. The molecule has 2 aromatic rings. The zero-order valence-corrected chi connectivity index (χ0v) is 14.2. The maximum atomic E-state index is 13.0. The van der Waals surface area contributed by atoms with Gasteiger partial charge in [-0.2, -0.15) is 15.4 Å². The highest BCUT2D eigenvalue weighted by Crippen LogP contribution is 2.31. The van der Waals surface area contributed by atoms with Gasteiger partial charge in [-0.05, 0) is 31.5 Å². The van der Waals surface area contributed by atoms with E-state index in [4.69, 9.17) is 4.74 Å². The lowest BCUT2D eigenvalue weighted by atomic mass is 9.97. The average molecular weight is 341 g/mol. The van der Waals surface area contributed by atoms with Crippen LogP contribution in [0.4, 0.5) is 0 Å². The highest BCUT2D eigenvalue weighted by atomic mass is 16.5. The Labute approximate surface area is 147 Å². The van der Waals surface area contributed by atoms with Crippen LogP contribution in [-0.4, -0.2) is 70.0 Å². The fraction of sp³-hybridized carbons (Fsp3) is 0.500. The van der Waals surface area contributed by atoms with Crippen LogP contribution < -0.4 is 0 Å². The van der Waals surface area contributed by atoms with Crippen molar-refractivity contribution >= 4 is 5.91 Å². The van der Waals surface area contributed by atoms with Crippen LogP contribution in [0.3, 0.4) is 0 Å². The van der Waals surface area contributed by atoms with Crippen molar-refractivity contribution in [3.05, 3.63) is 47.8 Å². The lowest BCUT2D eigenvalue weighted by Crippen LogP contribution is -2.51. The molecule has 0 spiro atoms. The summed E-state index contributed by atoms with van der Waals surface area (Å²) >= 11 is 0. The van der Waals surface area contributed by atoms with Crippen molar-refractivity contribution in [1.82, 2.24) is 25.2 Å². The molecule has 1 amide bonds. The van der Waals surface area contributed by atoms with E-state index >= 15 is 0 Å².